The van der Waals surface area contributed by atoms with Crippen LogP contribution in [-0.2, 0) is 13.0 Å². The highest BCUT2D eigenvalue weighted by Gasteiger charge is 1.92. The molecule has 98 valence electrons. The number of hydrogen-bond donors (Lipinski definition) is 2. The van der Waals surface area contributed by atoms with Crippen molar-refractivity contribution in [2.24, 2.45) is 5.73 Å². The van der Waals surface area contributed by atoms with E-state index in [2.05, 4.69) is 36.5 Å². The van der Waals surface area contributed by atoms with E-state index in [1.165, 1.54) is 11.1 Å². The highest BCUT2D eigenvalue weighted by Crippen LogP contribution is 2.04. The van der Waals surface area contributed by atoms with Crippen LogP contribution in [0.25, 0.3) is 0 Å². The SMILES string of the molecule is CC.CCNCc1ccc(CCN)cc1.S.[HH].[HH]. The predicted octanol–water partition coefficient (Wildman–Crippen LogP) is 2.93. The molecular formula is C13H30N2S. The smallest absolute Gasteiger partial charge is 0.0205 e. The van der Waals surface area contributed by atoms with Gasteiger partial charge in [0.25, 0.3) is 0 Å². The maximum absolute atomic E-state index is 5.47. The van der Waals surface area contributed by atoms with Crippen molar-refractivity contribution < 1.29 is 2.85 Å². The molecule has 0 amide bonds. The van der Waals surface area contributed by atoms with Crippen molar-refractivity contribution in [2.75, 3.05) is 13.1 Å². The van der Waals surface area contributed by atoms with Crippen molar-refractivity contribution in [3.8, 4) is 0 Å². The zero-order chi connectivity index (χ0) is 11.5. The van der Waals surface area contributed by atoms with Gasteiger partial charge in [-0.15, -0.1) is 0 Å². The summed E-state index contributed by atoms with van der Waals surface area (Å²) in [4.78, 5) is 0. The van der Waals surface area contributed by atoms with Crippen LogP contribution >= 0.6 is 13.5 Å². The molecular weight excluding hydrogens is 216 g/mol. The van der Waals surface area contributed by atoms with E-state index in [1.54, 1.807) is 0 Å². The molecule has 0 unspecified atom stereocenters. The minimum Gasteiger partial charge on any atom is -0.330 e. The summed E-state index contributed by atoms with van der Waals surface area (Å²) in [7, 11) is 0. The summed E-state index contributed by atoms with van der Waals surface area (Å²) in [5, 5.41) is 3.29. The molecule has 3 N–H and O–H groups in total. The van der Waals surface area contributed by atoms with Gasteiger partial charge in [0, 0.05) is 9.40 Å². The van der Waals surface area contributed by atoms with Crippen molar-refractivity contribution in [3.63, 3.8) is 0 Å². The maximum atomic E-state index is 5.47. The number of nitrogens with two attached hydrogens (primary N) is 1. The molecule has 16 heavy (non-hydrogen) atoms. The molecule has 0 aliphatic heterocycles. The lowest BCUT2D eigenvalue weighted by molar-refractivity contribution is 0.726. The van der Waals surface area contributed by atoms with E-state index in [-0.39, 0.29) is 16.3 Å². The van der Waals surface area contributed by atoms with Crippen molar-refractivity contribution in [2.45, 2.75) is 33.7 Å². The molecule has 1 rings (SSSR count). The van der Waals surface area contributed by atoms with Crippen molar-refractivity contribution in [1.82, 2.24) is 5.32 Å². The van der Waals surface area contributed by atoms with Gasteiger partial charge in [-0.3, -0.25) is 0 Å². The zero-order valence-electron chi connectivity index (χ0n) is 10.7. The summed E-state index contributed by atoms with van der Waals surface area (Å²) in [5.41, 5.74) is 8.12. The monoisotopic (exact) mass is 246 g/mol. The number of hydrogen-bond acceptors (Lipinski definition) is 2. The van der Waals surface area contributed by atoms with Crippen LogP contribution in [0.2, 0.25) is 0 Å². The summed E-state index contributed by atoms with van der Waals surface area (Å²) in [6.07, 6.45) is 0.974. The zero-order valence-corrected chi connectivity index (χ0v) is 11.7. The second kappa shape index (κ2) is 12.6. The van der Waals surface area contributed by atoms with Crippen LogP contribution in [0.15, 0.2) is 24.3 Å². The standard InChI is InChI=1S/C11H18N2.C2H6.H2S.2H2/c1-2-13-9-11-5-3-10(4-6-11)7-8-12;1-2;;;/h3-6,13H,2,7-9,12H2,1H3;1-2H3;1H2;2*1H. The van der Waals surface area contributed by atoms with Crippen molar-refractivity contribution in [3.05, 3.63) is 35.4 Å². The molecule has 0 saturated carbocycles. The van der Waals surface area contributed by atoms with E-state index in [9.17, 15) is 0 Å². The van der Waals surface area contributed by atoms with Crippen LogP contribution in [0, 0.1) is 0 Å². The Morgan fingerprint density at radius 1 is 1.12 bits per heavy atom. The second-order valence-corrected chi connectivity index (χ2v) is 3.14. The maximum Gasteiger partial charge on any atom is 0.0205 e. The Labute approximate surface area is 110 Å². The molecule has 0 radical (unpaired) electrons. The number of benzene rings is 1. The van der Waals surface area contributed by atoms with E-state index in [4.69, 9.17) is 5.73 Å². The summed E-state index contributed by atoms with van der Waals surface area (Å²) in [5.74, 6) is 0. The Balaban J connectivity index is -0.000000186. The van der Waals surface area contributed by atoms with Crippen molar-refractivity contribution in [1.29, 1.82) is 0 Å². The molecule has 3 heteroatoms. The van der Waals surface area contributed by atoms with Crippen LogP contribution in [-0.4, -0.2) is 13.1 Å². The fraction of sp³-hybridized carbons (Fsp3) is 0.538. The quantitative estimate of drug-likeness (QED) is 0.838. The Morgan fingerprint density at radius 2 is 1.62 bits per heavy atom. The van der Waals surface area contributed by atoms with Crippen LogP contribution in [0.1, 0.15) is 34.8 Å². The van der Waals surface area contributed by atoms with Crippen LogP contribution in [0.4, 0.5) is 0 Å². The van der Waals surface area contributed by atoms with Gasteiger partial charge in [0.15, 0.2) is 0 Å². The Bertz CT molecular complexity index is 243. The van der Waals surface area contributed by atoms with Gasteiger partial charge in [0.2, 0.25) is 0 Å². The van der Waals surface area contributed by atoms with E-state index in [0.29, 0.717) is 0 Å². The average Bonchev–Trinajstić information content (AvgIpc) is 2.31. The summed E-state index contributed by atoms with van der Waals surface area (Å²) in [6.45, 7) is 8.82. The van der Waals surface area contributed by atoms with Crippen molar-refractivity contribution >= 4 is 13.5 Å². The molecule has 0 fully saturated rings. The minimum atomic E-state index is 0. The average molecular weight is 246 g/mol. The van der Waals surface area contributed by atoms with Gasteiger partial charge in [0.05, 0.1) is 0 Å². The van der Waals surface area contributed by atoms with Gasteiger partial charge in [-0.25, -0.2) is 0 Å². The van der Waals surface area contributed by atoms with Crippen LogP contribution < -0.4 is 11.1 Å². The Morgan fingerprint density at radius 3 is 2.06 bits per heavy atom. The fourth-order valence-electron chi connectivity index (χ4n) is 1.26. The topological polar surface area (TPSA) is 38.0 Å². The summed E-state index contributed by atoms with van der Waals surface area (Å²) >= 11 is 0. The third kappa shape index (κ3) is 7.74. The highest BCUT2D eigenvalue weighted by molar-refractivity contribution is 7.59. The van der Waals surface area contributed by atoms with E-state index in [0.717, 1.165) is 26.1 Å². The number of nitrogens with one attached hydrogen (secondary N) is 1. The first kappa shape index (κ1) is 17.9. The third-order valence-corrected chi connectivity index (χ3v) is 2.04. The largest absolute Gasteiger partial charge is 0.330 e. The second-order valence-electron chi connectivity index (χ2n) is 3.14. The minimum absolute atomic E-state index is 0. The van der Waals surface area contributed by atoms with E-state index >= 15 is 0 Å². The first-order valence-corrected chi connectivity index (χ1v) is 5.85. The molecule has 0 aromatic heterocycles. The molecule has 0 heterocycles. The van der Waals surface area contributed by atoms with Gasteiger partial charge in [0.1, 0.15) is 0 Å². The lowest BCUT2D eigenvalue weighted by Crippen LogP contribution is -2.11. The molecule has 0 atom stereocenters. The van der Waals surface area contributed by atoms with Gasteiger partial charge < -0.3 is 11.1 Å². The lowest BCUT2D eigenvalue weighted by Gasteiger charge is -2.03. The molecule has 0 saturated heterocycles. The van der Waals surface area contributed by atoms with Gasteiger partial charge >= 0.3 is 0 Å². The molecule has 0 aliphatic carbocycles. The van der Waals surface area contributed by atoms with Crippen LogP contribution in [0.5, 0.6) is 0 Å². The molecule has 0 aliphatic rings. The summed E-state index contributed by atoms with van der Waals surface area (Å²) in [6, 6.07) is 8.63. The Kier molecular flexibility index (Phi) is 14.0. The number of rotatable bonds is 5. The molecule has 0 spiro atoms. The van der Waals surface area contributed by atoms with E-state index < -0.39 is 0 Å². The molecule has 1 aromatic rings. The van der Waals surface area contributed by atoms with Gasteiger partial charge in [-0.2, -0.15) is 13.5 Å². The van der Waals surface area contributed by atoms with E-state index in [1.807, 2.05) is 13.8 Å². The molecule has 1 aromatic carbocycles. The first-order valence-electron chi connectivity index (χ1n) is 5.85. The van der Waals surface area contributed by atoms with Gasteiger partial charge in [-0.1, -0.05) is 45.0 Å². The first-order chi connectivity index (χ1) is 7.36. The van der Waals surface area contributed by atoms with Crippen LogP contribution in [0.3, 0.4) is 0 Å². The highest BCUT2D eigenvalue weighted by atomic mass is 32.1. The Hall–Kier alpha value is -0.510. The third-order valence-electron chi connectivity index (χ3n) is 2.04. The predicted molar refractivity (Wildman–Crippen MR) is 82.5 cm³/mol. The summed E-state index contributed by atoms with van der Waals surface area (Å²) < 4.78 is 0. The van der Waals surface area contributed by atoms with Gasteiger partial charge in [-0.05, 0) is 30.6 Å². The molecule has 0 bridgehead atoms. The normalized spacial score (nSPS) is 8.75. The lowest BCUT2D eigenvalue weighted by atomic mass is 10.1. The molecule has 2 nitrogen and oxygen atoms in total. The fourth-order valence-corrected chi connectivity index (χ4v) is 1.26.